The van der Waals surface area contributed by atoms with E-state index in [1.165, 1.54) is 16.8 Å². The van der Waals surface area contributed by atoms with Gasteiger partial charge in [0, 0.05) is 11.3 Å². The SMILES string of the molecule is CC(C)[C@@H](NC(=O)c1nn(-c2cccc(F)c2F)c2c1CCC2)C(=O)O. The van der Waals surface area contributed by atoms with Gasteiger partial charge in [-0.05, 0) is 37.3 Å². The number of carboxylic acids is 1. The van der Waals surface area contributed by atoms with Crippen molar-refractivity contribution >= 4 is 11.9 Å². The summed E-state index contributed by atoms with van der Waals surface area (Å²) in [5.74, 6) is -4.11. The van der Waals surface area contributed by atoms with Gasteiger partial charge in [0.05, 0.1) is 0 Å². The van der Waals surface area contributed by atoms with Crippen LogP contribution in [0.15, 0.2) is 18.2 Å². The number of hydrogen-bond acceptors (Lipinski definition) is 3. The van der Waals surface area contributed by atoms with Crippen molar-refractivity contribution in [3.05, 3.63) is 46.8 Å². The second-order valence-corrected chi connectivity index (χ2v) is 6.65. The van der Waals surface area contributed by atoms with Gasteiger partial charge in [-0.1, -0.05) is 19.9 Å². The zero-order chi connectivity index (χ0) is 19.0. The van der Waals surface area contributed by atoms with Gasteiger partial charge in [-0.25, -0.2) is 18.3 Å². The number of carbonyl (C=O) groups excluding carboxylic acids is 1. The molecule has 2 N–H and O–H groups in total. The molecule has 1 aromatic carbocycles. The van der Waals surface area contributed by atoms with Crippen LogP contribution >= 0.6 is 0 Å². The van der Waals surface area contributed by atoms with E-state index in [0.29, 0.717) is 24.1 Å². The van der Waals surface area contributed by atoms with Crippen molar-refractivity contribution in [1.29, 1.82) is 0 Å². The molecular weight excluding hydrogens is 344 g/mol. The molecule has 2 aromatic rings. The molecule has 0 aliphatic heterocycles. The third kappa shape index (κ3) is 3.07. The number of fused-ring (bicyclic) bond motifs is 1. The van der Waals surface area contributed by atoms with Crippen molar-refractivity contribution in [2.24, 2.45) is 5.92 Å². The average molecular weight is 363 g/mol. The number of nitrogens with zero attached hydrogens (tertiary/aromatic N) is 2. The van der Waals surface area contributed by atoms with Crippen LogP contribution in [0.4, 0.5) is 8.78 Å². The number of benzene rings is 1. The quantitative estimate of drug-likeness (QED) is 0.855. The Kier molecular flexibility index (Phi) is 4.76. The fourth-order valence-corrected chi connectivity index (χ4v) is 3.20. The molecule has 1 aromatic heterocycles. The number of rotatable bonds is 5. The number of amides is 1. The average Bonchev–Trinajstić information content (AvgIpc) is 3.17. The van der Waals surface area contributed by atoms with Crippen molar-refractivity contribution in [3.8, 4) is 5.69 Å². The zero-order valence-electron chi connectivity index (χ0n) is 14.4. The molecule has 0 saturated heterocycles. The van der Waals surface area contributed by atoms with E-state index in [0.717, 1.165) is 12.5 Å². The molecule has 138 valence electrons. The number of nitrogens with one attached hydrogen (secondary N) is 1. The number of carboxylic acid groups (broad SMARTS) is 1. The maximum atomic E-state index is 14.2. The smallest absolute Gasteiger partial charge is 0.326 e. The zero-order valence-corrected chi connectivity index (χ0v) is 14.4. The minimum absolute atomic E-state index is 0.0630. The van der Waals surface area contributed by atoms with Crippen LogP contribution in [0, 0.1) is 17.6 Å². The lowest BCUT2D eigenvalue weighted by Crippen LogP contribution is -2.44. The van der Waals surface area contributed by atoms with Gasteiger partial charge in [-0.2, -0.15) is 5.10 Å². The topological polar surface area (TPSA) is 84.2 Å². The first kappa shape index (κ1) is 18.0. The van der Waals surface area contributed by atoms with E-state index < -0.39 is 29.6 Å². The first-order valence-corrected chi connectivity index (χ1v) is 8.40. The molecule has 0 bridgehead atoms. The summed E-state index contributed by atoms with van der Waals surface area (Å²) in [7, 11) is 0. The Bertz CT molecular complexity index is 877. The molecule has 8 heteroatoms. The summed E-state index contributed by atoms with van der Waals surface area (Å²) in [4.78, 5) is 23.9. The van der Waals surface area contributed by atoms with Crippen LogP contribution in [0.5, 0.6) is 0 Å². The van der Waals surface area contributed by atoms with Crippen molar-refractivity contribution < 1.29 is 23.5 Å². The number of hydrogen-bond donors (Lipinski definition) is 2. The fourth-order valence-electron chi connectivity index (χ4n) is 3.20. The number of aliphatic carboxylic acids is 1. The third-order valence-corrected chi connectivity index (χ3v) is 4.52. The van der Waals surface area contributed by atoms with E-state index in [1.807, 2.05) is 0 Å². The molecule has 1 aliphatic rings. The highest BCUT2D eigenvalue weighted by atomic mass is 19.2. The Balaban J connectivity index is 2.01. The molecule has 1 atom stereocenters. The highest BCUT2D eigenvalue weighted by Gasteiger charge is 2.31. The summed E-state index contributed by atoms with van der Waals surface area (Å²) in [6.45, 7) is 3.37. The second-order valence-electron chi connectivity index (χ2n) is 6.65. The lowest BCUT2D eigenvalue weighted by molar-refractivity contribution is -0.140. The van der Waals surface area contributed by atoms with E-state index in [4.69, 9.17) is 0 Å². The van der Waals surface area contributed by atoms with E-state index in [9.17, 15) is 23.5 Å². The first-order chi connectivity index (χ1) is 12.3. The Morgan fingerprint density at radius 2 is 2.00 bits per heavy atom. The van der Waals surface area contributed by atoms with E-state index in [1.54, 1.807) is 13.8 Å². The molecule has 0 unspecified atom stereocenters. The summed E-state index contributed by atoms with van der Waals surface area (Å²) in [5, 5.41) is 15.9. The van der Waals surface area contributed by atoms with Gasteiger partial charge in [0.1, 0.15) is 11.7 Å². The van der Waals surface area contributed by atoms with Crippen LogP contribution in [0.1, 0.15) is 42.0 Å². The molecule has 26 heavy (non-hydrogen) atoms. The maximum Gasteiger partial charge on any atom is 0.326 e. The Hall–Kier alpha value is -2.77. The van der Waals surface area contributed by atoms with Crippen LogP contribution in [-0.2, 0) is 17.6 Å². The largest absolute Gasteiger partial charge is 0.480 e. The Morgan fingerprint density at radius 3 is 2.65 bits per heavy atom. The Morgan fingerprint density at radius 1 is 1.27 bits per heavy atom. The number of carbonyl (C=O) groups is 2. The molecule has 1 aliphatic carbocycles. The highest BCUT2D eigenvalue weighted by molar-refractivity contribution is 5.96. The fraction of sp³-hybridized carbons (Fsp3) is 0.389. The first-order valence-electron chi connectivity index (χ1n) is 8.40. The van der Waals surface area contributed by atoms with Gasteiger partial charge in [-0.3, -0.25) is 4.79 Å². The monoisotopic (exact) mass is 363 g/mol. The van der Waals surface area contributed by atoms with E-state index >= 15 is 0 Å². The van der Waals surface area contributed by atoms with Crippen molar-refractivity contribution in [3.63, 3.8) is 0 Å². The van der Waals surface area contributed by atoms with Gasteiger partial charge >= 0.3 is 5.97 Å². The molecule has 0 radical (unpaired) electrons. The molecular formula is C18H19F2N3O3. The minimum Gasteiger partial charge on any atom is -0.480 e. The molecule has 0 spiro atoms. The lowest BCUT2D eigenvalue weighted by atomic mass is 10.0. The summed E-state index contributed by atoms with van der Waals surface area (Å²) in [5.41, 5.74) is 1.30. The predicted molar refractivity (Wildman–Crippen MR) is 89.2 cm³/mol. The summed E-state index contributed by atoms with van der Waals surface area (Å²) < 4.78 is 29.0. The van der Waals surface area contributed by atoms with E-state index in [-0.39, 0.29) is 17.3 Å². The van der Waals surface area contributed by atoms with Gasteiger partial charge < -0.3 is 10.4 Å². The highest BCUT2D eigenvalue weighted by Crippen LogP contribution is 2.29. The molecule has 1 amide bonds. The van der Waals surface area contributed by atoms with Gasteiger partial charge in [0.15, 0.2) is 17.3 Å². The van der Waals surface area contributed by atoms with Crippen molar-refractivity contribution in [1.82, 2.24) is 15.1 Å². The number of halogens is 2. The second kappa shape index (κ2) is 6.86. The molecule has 1 heterocycles. The van der Waals surface area contributed by atoms with Gasteiger partial charge in [0.2, 0.25) is 0 Å². The van der Waals surface area contributed by atoms with Crippen LogP contribution in [-0.4, -0.2) is 32.8 Å². The van der Waals surface area contributed by atoms with Gasteiger partial charge in [-0.15, -0.1) is 0 Å². The maximum absolute atomic E-state index is 14.2. The third-order valence-electron chi connectivity index (χ3n) is 4.52. The summed E-state index contributed by atoms with van der Waals surface area (Å²) in [6.07, 6.45) is 1.92. The van der Waals surface area contributed by atoms with Gasteiger partial charge in [0.25, 0.3) is 5.91 Å². The summed E-state index contributed by atoms with van der Waals surface area (Å²) >= 11 is 0. The molecule has 0 saturated carbocycles. The summed E-state index contributed by atoms with van der Waals surface area (Å²) in [6, 6.07) is 2.71. The normalized spacial score (nSPS) is 14.3. The number of aromatic nitrogens is 2. The molecule has 6 nitrogen and oxygen atoms in total. The Labute approximate surface area is 148 Å². The van der Waals surface area contributed by atoms with Crippen LogP contribution in [0.2, 0.25) is 0 Å². The van der Waals surface area contributed by atoms with Crippen LogP contribution in [0.25, 0.3) is 5.69 Å². The molecule has 3 rings (SSSR count). The van der Waals surface area contributed by atoms with Crippen LogP contribution < -0.4 is 5.32 Å². The van der Waals surface area contributed by atoms with Crippen LogP contribution in [0.3, 0.4) is 0 Å². The van der Waals surface area contributed by atoms with Crippen molar-refractivity contribution in [2.45, 2.75) is 39.2 Å². The standard InChI is InChI=1S/C18H19F2N3O3/c1-9(2)15(18(25)26)21-17(24)16-10-5-3-7-12(10)23(22-16)13-8-4-6-11(19)14(13)20/h4,6,8-9,15H,3,5,7H2,1-2H3,(H,21,24)(H,25,26)/t15-/m1/s1. The minimum atomic E-state index is -1.14. The lowest BCUT2D eigenvalue weighted by Gasteiger charge is -2.17. The van der Waals surface area contributed by atoms with Crippen molar-refractivity contribution in [2.75, 3.05) is 0 Å². The molecule has 0 fully saturated rings. The predicted octanol–water partition coefficient (Wildman–Crippen LogP) is 2.48. The van der Waals surface area contributed by atoms with E-state index in [2.05, 4.69) is 10.4 Å².